The molecule has 1 radical (unpaired) electrons. The van der Waals surface area contributed by atoms with Crippen molar-refractivity contribution < 1.29 is 4.79 Å². The number of hydrogen-bond donors (Lipinski definition) is 2. The molecule has 0 atom stereocenters. The molecule has 0 unspecified atom stereocenters. The lowest BCUT2D eigenvalue weighted by Gasteiger charge is -2.03. The quantitative estimate of drug-likeness (QED) is 0.677. The van der Waals surface area contributed by atoms with Gasteiger partial charge < -0.3 is 10.6 Å². The molecule has 0 saturated carbocycles. The predicted octanol–water partition coefficient (Wildman–Crippen LogP) is 0.826. The molecule has 1 amide bonds. The summed E-state index contributed by atoms with van der Waals surface area (Å²) in [4.78, 5) is 11.4. The number of hydrogen-bond acceptors (Lipinski definition) is 2. The highest BCUT2D eigenvalue weighted by Gasteiger charge is 2.02. The number of carbonyl (C=O) groups excluding carboxylic acids is 1. The maximum Gasteiger partial charge on any atom is 0.251 e. The standard InChI is InChI=1S/C11H15N2O/c1-12-8-5-9-13-11(14)10-6-3-2-4-7-10/h2-4,6,12H,5,8-9H2,1H3,(H,13,14). The topological polar surface area (TPSA) is 41.1 Å². The number of amides is 1. The largest absolute Gasteiger partial charge is 0.352 e. The molecule has 1 aromatic carbocycles. The zero-order valence-electron chi connectivity index (χ0n) is 8.34. The third-order valence-electron chi connectivity index (χ3n) is 1.84. The van der Waals surface area contributed by atoms with Gasteiger partial charge in [-0.05, 0) is 32.1 Å². The Bertz CT molecular complexity index is 272. The summed E-state index contributed by atoms with van der Waals surface area (Å²) in [5.74, 6) is -0.0540. The first kappa shape index (κ1) is 10.7. The molecule has 75 valence electrons. The highest BCUT2D eigenvalue weighted by Crippen LogP contribution is 1.96. The van der Waals surface area contributed by atoms with Gasteiger partial charge in [0, 0.05) is 12.1 Å². The molecule has 0 spiro atoms. The average molecular weight is 191 g/mol. The molecule has 0 bridgehead atoms. The maximum absolute atomic E-state index is 11.4. The summed E-state index contributed by atoms with van der Waals surface area (Å²) in [6.07, 6.45) is 0.940. The van der Waals surface area contributed by atoms with Gasteiger partial charge >= 0.3 is 0 Å². The molecule has 0 saturated heterocycles. The Balaban J connectivity index is 2.29. The lowest BCUT2D eigenvalue weighted by molar-refractivity contribution is 0.0953. The number of benzene rings is 1. The maximum atomic E-state index is 11.4. The van der Waals surface area contributed by atoms with Gasteiger partial charge in [0.2, 0.25) is 0 Å². The Labute approximate surface area is 84.5 Å². The Hall–Kier alpha value is -1.35. The second-order valence-electron chi connectivity index (χ2n) is 2.99. The minimum Gasteiger partial charge on any atom is -0.352 e. The van der Waals surface area contributed by atoms with E-state index in [2.05, 4.69) is 16.7 Å². The fraction of sp³-hybridized carbons (Fsp3) is 0.364. The van der Waals surface area contributed by atoms with Crippen LogP contribution in [0.15, 0.2) is 24.3 Å². The minimum atomic E-state index is -0.0540. The summed E-state index contributed by atoms with van der Waals surface area (Å²) in [5, 5.41) is 5.85. The lowest BCUT2D eigenvalue weighted by atomic mass is 10.2. The second-order valence-corrected chi connectivity index (χ2v) is 2.99. The molecular formula is C11H15N2O. The molecule has 0 aliphatic heterocycles. The van der Waals surface area contributed by atoms with Crippen LogP contribution in [-0.4, -0.2) is 26.0 Å². The van der Waals surface area contributed by atoms with Crippen molar-refractivity contribution in [3.05, 3.63) is 35.9 Å². The van der Waals surface area contributed by atoms with Gasteiger partial charge in [0.15, 0.2) is 0 Å². The first-order valence-electron chi connectivity index (χ1n) is 4.74. The van der Waals surface area contributed by atoms with Crippen molar-refractivity contribution in [2.45, 2.75) is 6.42 Å². The highest BCUT2D eigenvalue weighted by molar-refractivity contribution is 5.93. The van der Waals surface area contributed by atoms with Crippen molar-refractivity contribution in [3.63, 3.8) is 0 Å². The molecule has 0 aliphatic carbocycles. The van der Waals surface area contributed by atoms with Crippen LogP contribution < -0.4 is 10.6 Å². The van der Waals surface area contributed by atoms with Crippen LogP contribution in [0.2, 0.25) is 0 Å². The Morgan fingerprint density at radius 2 is 2.29 bits per heavy atom. The summed E-state index contributed by atoms with van der Waals surface area (Å²) >= 11 is 0. The van der Waals surface area contributed by atoms with Crippen LogP contribution in [-0.2, 0) is 0 Å². The smallest absolute Gasteiger partial charge is 0.251 e. The van der Waals surface area contributed by atoms with Crippen molar-refractivity contribution in [3.8, 4) is 0 Å². The first-order chi connectivity index (χ1) is 6.84. The van der Waals surface area contributed by atoms with Gasteiger partial charge in [-0.25, -0.2) is 0 Å². The van der Waals surface area contributed by atoms with Crippen LogP contribution in [0, 0.1) is 6.07 Å². The average Bonchev–Trinajstić information content (AvgIpc) is 2.25. The molecule has 1 rings (SSSR count). The Morgan fingerprint density at radius 1 is 1.43 bits per heavy atom. The van der Waals surface area contributed by atoms with E-state index in [9.17, 15) is 4.79 Å². The van der Waals surface area contributed by atoms with Crippen molar-refractivity contribution in [2.75, 3.05) is 20.1 Å². The van der Waals surface area contributed by atoms with Gasteiger partial charge in [0.25, 0.3) is 5.91 Å². The van der Waals surface area contributed by atoms with Gasteiger partial charge in [-0.15, -0.1) is 0 Å². The number of nitrogens with one attached hydrogen (secondary N) is 2. The molecule has 0 aromatic heterocycles. The van der Waals surface area contributed by atoms with E-state index in [1.807, 2.05) is 19.2 Å². The van der Waals surface area contributed by atoms with Crippen LogP contribution in [0.3, 0.4) is 0 Å². The van der Waals surface area contributed by atoms with Crippen LogP contribution in [0.4, 0.5) is 0 Å². The predicted molar refractivity (Wildman–Crippen MR) is 56.2 cm³/mol. The van der Waals surface area contributed by atoms with Gasteiger partial charge in [-0.1, -0.05) is 18.2 Å². The number of rotatable bonds is 5. The summed E-state index contributed by atoms with van der Waals surface area (Å²) in [6, 6.07) is 10.1. The normalized spacial score (nSPS) is 9.79. The van der Waals surface area contributed by atoms with E-state index in [4.69, 9.17) is 0 Å². The van der Waals surface area contributed by atoms with E-state index in [0.717, 1.165) is 13.0 Å². The zero-order valence-corrected chi connectivity index (χ0v) is 8.34. The van der Waals surface area contributed by atoms with Gasteiger partial charge in [-0.3, -0.25) is 4.79 Å². The molecule has 1 aromatic rings. The number of carbonyl (C=O) groups is 1. The lowest BCUT2D eigenvalue weighted by Crippen LogP contribution is -2.26. The van der Waals surface area contributed by atoms with E-state index in [1.54, 1.807) is 12.1 Å². The van der Waals surface area contributed by atoms with Crippen LogP contribution in [0.25, 0.3) is 0 Å². The van der Waals surface area contributed by atoms with Crippen LogP contribution in [0.5, 0.6) is 0 Å². The first-order valence-corrected chi connectivity index (χ1v) is 4.74. The summed E-state index contributed by atoms with van der Waals surface area (Å²) in [7, 11) is 1.90. The second kappa shape index (κ2) is 6.16. The highest BCUT2D eigenvalue weighted by atomic mass is 16.1. The third kappa shape index (κ3) is 3.58. The molecule has 0 aliphatic rings. The van der Waals surface area contributed by atoms with Gasteiger partial charge in [0.1, 0.15) is 0 Å². The Kier molecular flexibility index (Phi) is 4.72. The monoisotopic (exact) mass is 191 g/mol. The summed E-state index contributed by atoms with van der Waals surface area (Å²) in [5.41, 5.74) is 0.594. The molecule has 0 heterocycles. The third-order valence-corrected chi connectivity index (χ3v) is 1.84. The van der Waals surface area contributed by atoms with E-state index < -0.39 is 0 Å². The van der Waals surface area contributed by atoms with Gasteiger partial charge in [0.05, 0.1) is 0 Å². The Morgan fingerprint density at radius 3 is 2.93 bits per heavy atom. The SMILES string of the molecule is CNCCCNC(=O)c1[c]cccc1. The fourth-order valence-corrected chi connectivity index (χ4v) is 1.10. The molecular weight excluding hydrogens is 176 g/mol. The molecule has 3 nitrogen and oxygen atoms in total. The van der Waals surface area contributed by atoms with Crippen LogP contribution >= 0.6 is 0 Å². The van der Waals surface area contributed by atoms with Crippen molar-refractivity contribution in [2.24, 2.45) is 0 Å². The molecule has 0 fully saturated rings. The zero-order chi connectivity index (χ0) is 10.2. The molecule has 3 heteroatoms. The minimum absolute atomic E-state index is 0.0540. The van der Waals surface area contributed by atoms with Crippen LogP contribution in [0.1, 0.15) is 16.8 Å². The van der Waals surface area contributed by atoms with Crippen molar-refractivity contribution in [1.29, 1.82) is 0 Å². The van der Waals surface area contributed by atoms with E-state index in [0.29, 0.717) is 12.1 Å². The summed E-state index contributed by atoms with van der Waals surface area (Å²) < 4.78 is 0. The molecule has 14 heavy (non-hydrogen) atoms. The van der Waals surface area contributed by atoms with Gasteiger partial charge in [-0.2, -0.15) is 0 Å². The van der Waals surface area contributed by atoms with Crippen molar-refractivity contribution >= 4 is 5.91 Å². The van der Waals surface area contributed by atoms with E-state index >= 15 is 0 Å². The van der Waals surface area contributed by atoms with E-state index in [-0.39, 0.29) is 5.91 Å². The fourth-order valence-electron chi connectivity index (χ4n) is 1.10. The van der Waals surface area contributed by atoms with Crippen molar-refractivity contribution in [1.82, 2.24) is 10.6 Å². The molecule has 2 N–H and O–H groups in total. The summed E-state index contributed by atoms with van der Waals surface area (Å²) in [6.45, 7) is 1.61. The van der Waals surface area contributed by atoms with E-state index in [1.165, 1.54) is 0 Å².